The van der Waals surface area contributed by atoms with Crippen LogP contribution in [0.3, 0.4) is 0 Å². The molecule has 0 aliphatic heterocycles. The van der Waals surface area contributed by atoms with Crippen LogP contribution in [0.5, 0.6) is 0 Å². The first-order valence-electron chi connectivity index (χ1n) is 13.0. The highest BCUT2D eigenvalue weighted by Gasteiger charge is 2.22. The topological polar surface area (TPSA) is 325 Å². The number of rotatable bonds is 19. The van der Waals surface area contributed by atoms with Crippen molar-refractivity contribution < 1.29 is 53.1 Å². The summed E-state index contributed by atoms with van der Waals surface area (Å²) in [6.07, 6.45) is 0. The molecule has 44 heavy (non-hydrogen) atoms. The van der Waals surface area contributed by atoms with Crippen molar-refractivity contribution in [3.05, 3.63) is 0 Å². The van der Waals surface area contributed by atoms with E-state index in [1.807, 2.05) is 5.32 Å². The second-order valence-electron chi connectivity index (χ2n) is 9.02. The van der Waals surface area contributed by atoms with Crippen molar-refractivity contribution in [1.82, 2.24) is 47.9 Å². The molecule has 246 valence electrons. The van der Waals surface area contributed by atoms with Gasteiger partial charge in [0.25, 0.3) is 0 Å². The third kappa shape index (κ3) is 18.9. The third-order valence-corrected chi connectivity index (χ3v) is 5.01. The minimum atomic E-state index is -1.26. The van der Waals surface area contributed by atoms with Gasteiger partial charge in [-0.05, 0) is 20.8 Å². The molecule has 0 radical (unpaired) electrons. The van der Waals surface area contributed by atoms with Gasteiger partial charge < -0.3 is 58.7 Å². The maximum absolute atomic E-state index is 12.1. The van der Waals surface area contributed by atoms with Crippen LogP contribution in [-0.2, 0) is 47.9 Å². The van der Waals surface area contributed by atoms with Crippen LogP contribution in [0.1, 0.15) is 20.8 Å². The fourth-order valence-electron chi connectivity index (χ4n) is 2.58. The van der Waals surface area contributed by atoms with Crippen LogP contribution >= 0.6 is 0 Å². The number of carboxylic acid groups (broad SMARTS) is 1. The molecule has 12 N–H and O–H groups in total. The first-order valence-corrected chi connectivity index (χ1v) is 13.0. The lowest BCUT2D eigenvalue weighted by Gasteiger charge is -2.19. The largest absolute Gasteiger partial charge is 0.480 e. The fourth-order valence-corrected chi connectivity index (χ4v) is 2.58. The lowest BCUT2D eigenvalue weighted by Crippen LogP contribution is -2.54. The summed E-state index contributed by atoms with van der Waals surface area (Å²) in [6.45, 7) is 0.341. The molecule has 0 bridgehead atoms. The average molecular weight is 631 g/mol. The zero-order valence-corrected chi connectivity index (χ0v) is 24.3. The van der Waals surface area contributed by atoms with E-state index in [2.05, 4.69) is 42.5 Å². The zero-order valence-electron chi connectivity index (χ0n) is 24.3. The van der Waals surface area contributed by atoms with Crippen LogP contribution in [0, 0.1) is 0 Å². The number of carboxylic acids is 1. The Morgan fingerprint density at radius 2 is 0.727 bits per heavy atom. The molecule has 0 saturated carbocycles. The molecule has 21 nitrogen and oxygen atoms in total. The highest BCUT2D eigenvalue weighted by Crippen LogP contribution is 1.89. The van der Waals surface area contributed by atoms with Crippen LogP contribution in [-0.4, -0.2) is 128 Å². The highest BCUT2D eigenvalue weighted by molar-refractivity contribution is 5.95. The van der Waals surface area contributed by atoms with Crippen LogP contribution in [0.25, 0.3) is 0 Å². The molecule has 0 aliphatic carbocycles. The lowest BCUT2D eigenvalue weighted by molar-refractivity contribution is -0.138. The van der Waals surface area contributed by atoms with E-state index in [1.165, 1.54) is 20.8 Å². The predicted octanol–water partition coefficient (Wildman–Crippen LogP) is -7.76. The van der Waals surface area contributed by atoms with Crippen LogP contribution in [0.15, 0.2) is 0 Å². The molecule has 0 aromatic rings. The minimum Gasteiger partial charge on any atom is -0.480 e. The van der Waals surface area contributed by atoms with Crippen molar-refractivity contribution in [2.45, 2.75) is 38.9 Å². The summed E-state index contributed by atoms with van der Waals surface area (Å²) in [5.74, 6) is -7.75. The average Bonchev–Trinajstić information content (AvgIpc) is 2.96. The Kier molecular flexibility index (Phi) is 18.0. The number of carbonyl (C=O) groups is 10. The van der Waals surface area contributed by atoms with Crippen molar-refractivity contribution in [2.75, 3.05) is 45.8 Å². The molecule has 9 amide bonds. The summed E-state index contributed by atoms with van der Waals surface area (Å²) >= 11 is 0. The Morgan fingerprint density at radius 1 is 0.455 bits per heavy atom. The van der Waals surface area contributed by atoms with E-state index < -0.39 is 123 Å². The van der Waals surface area contributed by atoms with E-state index in [9.17, 15) is 47.9 Å². The molecule has 21 heteroatoms. The lowest BCUT2D eigenvalue weighted by atomic mass is 10.2. The Bertz CT molecular complexity index is 1110. The second-order valence-corrected chi connectivity index (χ2v) is 9.02. The van der Waals surface area contributed by atoms with E-state index in [-0.39, 0.29) is 0 Å². The maximum Gasteiger partial charge on any atom is 0.322 e. The van der Waals surface area contributed by atoms with Gasteiger partial charge in [0, 0.05) is 0 Å². The van der Waals surface area contributed by atoms with E-state index in [0.717, 1.165) is 0 Å². The molecular formula is C23H38N10O11. The van der Waals surface area contributed by atoms with Gasteiger partial charge in [-0.15, -0.1) is 0 Å². The van der Waals surface area contributed by atoms with Gasteiger partial charge in [0.2, 0.25) is 53.2 Å². The molecule has 0 aromatic heterocycles. The van der Waals surface area contributed by atoms with Gasteiger partial charge in [-0.2, -0.15) is 0 Å². The second kappa shape index (κ2) is 20.5. The Hall–Kier alpha value is -5.34. The highest BCUT2D eigenvalue weighted by atomic mass is 16.4. The third-order valence-electron chi connectivity index (χ3n) is 5.01. The van der Waals surface area contributed by atoms with Crippen LogP contribution < -0.4 is 53.6 Å². The number of nitrogens with two attached hydrogens (primary N) is 1. The molecule has 3 atom stereocenters. The number of amides is 9. The van der Waals surface area contributed by atoms with E-state index >= 15 is 0 Å². The van der Waals surface area contributed by atoms with Crippen molar-refractivity contribution in [1.29, 1.82) is 0 Å². The molecule has 0 aromatic carbocycles. The van der Waals surface area contributed by atoms with Gasteiger partial charge in [-0.3, -0.25) is 47.9 Å². The number of hydrogen-bond acceptors (Lipinski definition) is 11. The van der Waals surface area contributed by atoms with Crippen molar-refractivity contribution >= 4 is 59.1 Å². The summed E-state index contributed by atoms with van der Waals surface area (Å²) in [7, 11) is 0. The van der Waals surface area contributed by atoms with Gasteiger partial charge in [-0.1, -0.05) is 0 Å². The number of aliphatic carboxylic acids is 1. The smallest absolute Gasteiger partial charge is 0.322 e. The van der Waals surface area contributed by atoms with Crippen LogP contribution in [0.2, 0.25) is 0 Å². The molecule has 0 fully saturated rings. The summed E-state index contributed by atoms with van der Waals surface area (Å²) in [4.78, 5) is 116. The zero-order chi connectivity index (χ0) is 33.8. The standard InChI is InChI=1S/C23H38N10O11/c1-11(24)21(42)32-13(3)23(44)33-12(2)22(43)31-9-19(39)29-7-17(37)27-5-15(35)25-4-14(34)26-6-16(36)28-8-18(38)30-10-20(40)41/h11-13H,4-10,24H2,1-3H3,(H,25,35)(H,26,34)(H,27,37)(H,28,36)(H,29,39)(H,30,38)(H,31,43)(H,32,42)(H,33,44)(H,40,41)/t11-,12-,13-/m0/s1. The fraction of sp³-hybridized carbons (Fsp3) is 0.565. The van der Waals surface area contributed by atoms with E-state index in [4.69, 9.17) is 10.8 Å². The van der Waals surface area contributed by atoms with Gasteiger partial charge >= 0.3 is 5.97 Å². The molecular weight excluding hydrogens is 592 g/mol. The number of nitrogens with one attached hydrogen (secondary N) is 9. The molecule has 0 rings (SSSR count). The Balaban J connectivity index is 4.13. The first kappa shape index (κ1) is 38.7. The van der Waals surface area contributed by atoms with E-state index in [0.29, 0.717) is 0 Å². The van der Waals surface area contributed by atoms with Gasteiger partial charge in [-0.25, -0.2) is 0 Å². The molecule has 0 unspecified atom stereocenters. The Labute approximate surface area is 250 Å². The van der Waals surface area contributed by atoms with E-state index in [1.54, 1.807) is 0 Å². The monoisotopic (exact) mass is 630 g/mol. The summed E-state index contributed by atoms with van der Waals surface area (Å²) in [6, 6.07) is -2.86. The molecule has 0 heterocycles. The molecule has 0 spiro atoms. The Morgan fingerprint density at radius 3 is 1.05 bits per heavy atom. The SMILES string of the molecule is C[C@H](N)C(=O)N[C@@H](C)C(=O)N[C@@H](C)C(=O)NCC(=O)NCC(=O)NCC(=O)NCC(=O)NCC(=O)NCC(=O)NCC(=O)O. The van der Waals surface area contributed by atoms with Crippen molar-refractivity contribution in [3.63, 3.8) is 0 Å². The summed E-state index contributed by atoms with van der Waals surface area (Å²) in [5, 5.41) is 28.3. The summed E-state index contributed by atoms with van der Waals surface area (Å²) < 4.78 is 0. The first-order chi connectivity index (χ1) is 20.5. The maximum atomic E-state index is 12.1. The summed E-state index contributed by atoms with van der Waals surface area (Å²) in [5.41, 5.74) is 5.41. The van der Waals surface area contributed by atoms with Crippen molar-refractivity contribution in [2.24, 2.45) is 5.73 Å². The minimum absolute atomic E-state index is 0.509. The number of hydrogen-bond donors (Lipinski definition) is 11. The quantitative estimate of drug-likeness (QED) is 0.0634. The van der Waals surface area contributed by atoms with Gasteiger partial charge in [0.05, 0.1) is 45.3 Å². The molecule has 0 saturated heterocycles. The van der Waals surface area contributed by atoms with Gasteiger partial charge in [0.1, 0.15) is 18.6 Å². The number of carbonyl (C=O) groups excluding carboxylic acids is 9. The predicted molar refractivity (Wildman–Crippen MR) is 148 cm³/mol. The molecule has 0 aliphatic rings. The van der Waals surface area contributed by atoms with Crippen LogP contribution in [0.4, 0.5) is 0 Å². The normalized spacial score (nSPS) is 12.1. The van der Waals surface area contributed by atoms with Crippen molar-refractivity contribution in [3.8, 4) is 0 Å². The van der Waals surface area contributed by atoms with Gasteiger partial charge in [0.15, 0.2) is 0 Å².